The maximum absolute atomic E-state index is 12.9. The maximum Gasteiger partial charge on any atom is 0.291 e. The van der Waals surface area contributed by atoms with Gasteiger partial charge in [-0.1, -0.05) is 6.92 Å². The molecule has 9 heteroatoms. The smallest absolute Gasteiger partial charge is 0.291 e. The van der Waals surface area contributed by atoms with Crippen LogP contribution in [-0.2, 0) is 22.6 Å². The highest BCUT2D eigenvalue weighted by atomic mass is 32.1. The van der Waals surface area contributed by atoms with E-state index in [9.17, 15) is 14.4 Å². The van der Waals surface area contributed by atoms with Crippen molar-refractivity contribution in [2.75, 3.05) is 19.6 Å². The molecule has 1 aliphatic heterocycles. The molecule has 4 rings (SSSR count). The summed E-state index contributed by atoms with van der Waals surface area (Å²) in [5.41, 5.74) is 0.303. The Kier molecular flexibility index (Phi) is 5.66. The number of aryl methyl sites for hydroxylation is 1. The van der Waals surface area contributed by atoms with Crippen LogP contribution in [0.3, 0.4) is 0 Å². The molecule has 1 fully saturated rings. The van der Waals surface area contributed by atoms with Crippen molar-refractivity contribution >= 4 is 38.9 Å². The maximum atomic E-state index is 12.9. The number of hydrogen-bond acceptors (Lipinski definition) is 5. The highest BCUT2D eigenvalue weighted by Crippen LogP contribution is 2.25. The first-order chi connectivity index (χ1) is 14.1. The summed E-state index contributed by atoms with van der Waals surface area (Å²) < 4.78 is 3.19. The van der Waals surface area contributed by atoms with E-state index in [-0.39, 0.29) is 23.9 Å². The Hall–Kier alpha value is -2.68. The van der Waals surface area contributed by atoms with Gasteiger partial charge < -0.3 is 10.2 Å². The summed E-state index contributed by atoms with van der Waals surface area (Å²) in [6, 6.07) is 3.86. The topological polar surface area (TPSA) is 88.7 Å². The lowest BCUT2D eigenvalue weighted by molar-refractivity contribution is -0.127. The van der Waals surface area contributed by atoms with E-state index < -0.39 is 0 Å². The molecular formula is C20H25N5O3S. The van der Waals surface area contributed by atoms with Crippen molar-refractivity contribution < 1.29 is 9.59 Å². The number of nitrogens with zero attached hydrogens (tertiary/aromatic N) is 4. The van der Waals surface area contributed by atoms with Crippen molar-refractivity contribution in [1.82, 2.24) is 24.4 Å². The summed E-state index contributed by atoms with van der Waals surface area (Å²) >= 11 is 1.58. The summed E-state index contributed by atoms with van der Waals surface area (Å²) in [4.78, 5) is 39.7. The van der Waals surface area contributed by atoms with Gasteiger partial charge in [0.2, 0.25) is 11.8 Å². The summed E-state index contributed by atoms with van der Waals surface area (Å²) in [5.74, 6) is 0.739. The van der Waals surface area contributed by atoms with Crippen LogP contribution in [0.2, 0.25) is 0 Å². The number of nitrogens with one attached hydrogen (secondary N) is 1. The molecule has 29 heavy (non-hydrogen) atoms. The molecule has 3 aromatic heterocycles. The quantitative estimate of drug-likeness (QED) is 0.568. The molecule has 0 aromatic carbocycles. The van der Waals surface area contributed by atoms with Crippen LogP contribution in [0, 0.1) is 0 Å². The van der Waals surface area contributed by atoms with Gasteiger partial charge in [-0.05, 0) is 36.8 Å². The van der Waals surface area contributed by atoms with Crippen molar-refractivity contribution in [1.29, 1.82) is 0 Å². The number of hydrogen-bond donors (Lipinski definition) is 1. The van der Waals surface area contributed by atoms with Gasteiger partial charge in [-0.25, -0.2) is 4.68 Å². The van der Waals surface area contributed by atoms with Crippen molar-refractivity contribution in [3.63, 3.8) is 0 Å². The average molecular weight is 416 g/mol. The second kappa shape index (κ2) is 8.36. The molecule has 0 unspecified atom stereocenters. The number of likely N-dealkylation sites (tertiary alicyclic amines) is 1. The Morgan fingerprint density at radius 2 is 2.21 bits per heavy atom. The van der Waals surface area contributed by atoms with Gasteiger partial charge in [0.25, 0.3) is 5.56 Å². The van der Waals surface area contributed by atoms with Crippen LogP contribution in [0.1, 0.15) is 38.4 Å². The fourth-order valence-corrected chi connectivity index (χ4v) is 4.74. The minimum absolute atomic E-state index is 0.104. The fraction of sp³-hybridized carbons (Fsp3) is 0.500. The highest BCUT2D eigenvalue weighted by molar-refractivity contribution is 7.16. The molecule has 1 aliphatic rings. The fourth-order valence-electron chi connectivity index (χ4n) is 3.82. The molecule has 0 spiro atoms. The van der Waals surface area contributed by atoms with Crippen LogP contribution in [0.15, 0.2) is 22.3 Å². The predicted molar refractivity (Wildman–Crippen MR) is 112 cm³/mol. The molecule has 0 bridgehead atoms. The molecule has 154 valence electrons. The van der Waals surface area contributed by atoms with Crippen LogP contribution in [0.4, 0.5) is 0 Å². The van der Waals surface area contributed by atoms with Gasteiger partial charge in [0.05, 0.1) is 0 Å². The van der Waals surface area contributed by atoms with E-state index in [0.29, 0.717) is 31.4 Å². The van der Waals surface area contributed by atoms with Crippen molar-refractivity contribution in [3.05, 3.63) is 33.7 Å². The van der Waals surface area contributed by atoms with E-state index in [1.165, 1.54) is 4.68 Å². The van der Waals surface area contributed by atoms with Crippen LogP contribution >= 0.6 is 11.3 Å². The summed E-state index contributed by atoms with van der Waals surface area (Å²) in [7, 11) is 0. The van der Waals surface area contributed by atoms with E-state index in [0.717, 1.165) is 41.8 Å². The first-order valence-electron chi connectivity index (χ1n) is 10.1. The third-order valence-corrected chi connectivity index (χ3v) is 6.14. The second-order valence-electron chi connectivity index (χ2n) is 7.36. The third kappa shape index (κ3) is 3.91. The van der Waals surface area contributed by atoms with E-state index in [2.05, 4.69) is 17.3 Å². The first-order valence-corrected chi connectivity index (χ1v) is 11.0. The Labute approximate surface area is 172 Å². The molecule has 0 saturated carbocycles. The summed E-state index contributed by atoms with van der Waals surface area (Å²) in [6.07, 6.45) is 3.87. The Morgan fingerprint density at radius 3 is 2.97 bits per heavy atom. The molecule has 0 radical (unpaired) electrons. The van der Waals surface area contributed by atoms with Gasteiger partial charge in [0.15, 0.2) is 0 Å². The van der Waals surface area contributed by atoms with E-state index in [4.69, 9.17) is 0 Å². The van der Waals surface area contributed by atoms with Crippen LogP contribution in [0.5, 0.6) is 0 Å². The average Bonchev–Trinajstić information content (AvgIpc) is 3.39. The van der Waals surface area contributed by atoms with Crippen LogP contribution < -0.4 is 10.9 Å². The third-order valence-electron chi connectivity index (χ3n) is 5.22. The first kappa shape index (κ1) is 19.6. The Balaban J connectivity index is 1.45. The van der Waals surface area contributed by atoms with Crippen molar-refractivity contribution in [2.24, 2.45) is 0 Å². The van der Waals surface area contributed by atoms with Crippen LogP contribution in [0.25, 0.3) is 15.7 Å². The predicted octanol–water partition coefficient (Wildman–Crippen LogP) is 1.79. The Bertz CT molecular complexity index is 1110. The zero-order valence-electron chi connectivity index (χ0n) is 16.5. The van der Waals surface area contributed by atoms with Gasteiger partial charge in [-0.2, -0.15) is 5.10 Å². The lowest BCUT2D eigenvalue weighted by Gasteiger charge is -2.15. The normalized spacial score (nSPS) is 14.4. The number of rotatable bonds is 8. The standard InChI is InChI=1S/C20H25N5O3S/c1-2-5-16-22-24(19(28)15-12-14-7-11-29-20(14)25(15)16)13-17(26)21-8-4-10-23-9-3-6-18(23)27/h7,11-12H,2-6,8-10,13H2,1H3,(H,21,26). The highest BCUT2D eigenvalue weighted by Gasteiger charge is 2.19. The number of amides is 2. The molecule has 2 amide bonds. The van der Waals surface area contributed by atoms with E-state index >= 15 is 0 Å². The molecule has 8 nitrogen and oxygen atoms in total. The molecule has 1 N–H and O–H groups in total. The number of aromatic nitrogens is 3. The monoisotopic (exact) mass is 415 g/mol. The SMILES string of the molecule is CCCc1nn(CC(=O)NCCCN2CCCC2=O)c(=O)c2cc3ccsc3n12. The molecule has 0 aliphatic carbocycles. The minimum atomic E-state index is -0.258. The molecule has 0 atom stereocenters. The van der Waals surface area contributed by atoms with Crippen molar-refractivity contribution in [2.45, 2.75) is 45.6 Å². The van der Waals surface area contributed by atoms with Gasteiger partial charge in [0.1, 0.15) is 22.7 Å². The number of fused-ring (bicyclic) bond motifs is 3. The molecule has 4 heterocycles. The number of carbonyl (C=O) groups excluding carboxylic acids is 2. The van der Waals surface area contributed by atoms with Gasteiger partial charge in [-0.3, -0.25) is 18.8 Å². The lowest BCUT2D eigenvalue weighted by atomic mass is 10.3. The van der Waals surface area contributed by atoms with Gasteiger partial charge in [-0.15, -0.1) is 11.3 Å². The second-order valence-corrected chi connectivity index (χ2v) is 8.26. The van der Waals surface area contributed by atoms with Crippen molar-refractivity contribution in [3.8, 4) is 0 Å². The van der Waals surface area contributed by atoms with E-state index in [1.807, 2.05) is 26.8 Å². The zero-order chi connectivity index (χ0) is 20.4. The van der Waals surface area contributed by atoms with Gasteiger partial charge >= 0.3 is 0 Å². The number of thiophene rings is 1. The number of carbonyl (C=O) groups is 2. The molecule has 3 aromatic rings. The summed E-state index contributed by atoms with van der Waals surface area (Å²) in [6.45, 7) is 3.90. The largest absolute Gasteiger partial charge is 0.354 e. The Morgan fingerprint density at radius 1 is 1.34 bits per heavy atom. The molecular weight excluding hydrogens is 390 g/mol. The van der Waals surface area contributed by atoms with Crippen LogP contribution in [-0.4, -0.2) is 50.5 Å². The summed E-state index contributed by atoms with van der Waals surface area (Å²) in [5, 5.41) is 10.4. The van der Waals surface area contributed by atoms with E-state index in [1.54, 1.807) is 11.3 Å². The lowest BCUT2D eigenvalue weighted by Crippen LogP contribution is -2.36. The van der Waals surface area contributed by atoms with Gasteiger partial charge in [0, 0.05) is 37.9 Å². The molecule has 1 saturated heterocycles. The minimum Gasteiger partial charge on any atom is -0.354 e. The zero-order valence-corrected chi connectivity index (χ0v) is 17.3.